The molecule has 1 fully saturated rings. The zero-order chi connectivity index (χ0) is 40.1. The molecule has 0 N–H and O–H groups in total. The Hall–Kier alpha value is -5.65. The number of hydrogen-bond acceptors (Lipinski definition) is 11. The second kappa shape index (κ2) is 19.8. The van der Waals surface area contributed by atoms with E-state index in [1.807, 2.05) is 27.7 Å². The first-order valence-electron chi connectivity index (χ1n) is 18.8. The summed E-state index contributed by atoms with van der Waals surface area (Å²) in [5.41, 5.74) is 0.343. The summed E-state index contributed by atoms with van der Waals surface area (Å²) < 4.78 is 36.5. The SMILES string of the molecule is CC(C)C(C)(C)C(=O)CCCCO[C@@H]1OC(COC(=O)c2ccccc2)[C@H](OC(=O)c2ccccc2)[C@H](OC(=O)c2ccccc2)C1OC(=O)c1ccccc1. The normalized spacial score (nSPS) is 19.4. The summed E-state index contributed by atoms with van der Waals surface area (Å²) in [6.07, 6.45) is -5.85. The van der Waals surface area contributed by atoms with E-state index in [1.54, 1.807) is 121 Å². The van der Waals surface area contributed by atoms with Crippen molar-refractivity contribution in [3.8, 4) is 0 Å². The van der Waals surface area contributed by atoms with Crippen LogP contribution in [0, 0.1) is 11.3 Å². The van der Waals surface area contributed by atoms with Gasteiger partial charge in [0, 0.05) is 18.4 Å². The van der Waals surface area contributed by atoms with Crippen LogP contribution in [0.3, 0.4) is 0 Å². The van der Waals surface area contributed by atoms with E-state index in [2.05, 4.69) is 0 Å². The Kier molecular flexibility index (Phi) is 14.7. The molecule has 294 valence electrons. The summed E-state index contributed by atoms with van der Waals surface area (Å²) in [6.45, 7) is 7.48. The molecular formula is C45H48O11. The number of hydrogen-bond donors (Lipinski definition) is 0. The van der Waals surface area contributed by atoms with E-state index in [0.29, 0.717) is 19.3 Å². The van der Waals surface area contributed by atoms with Crippen LogP contribution < -0.4 is 0 Å². The maximum Gasteiger partial charge on any atom is 0.338 e. The highest BCUT2D eigenvalue weighted by Gasteiger charge is 2.53. The molecule has 0 spiro atoms. The molecule has 1 aliphatic rings. The molecule has 4 aromatic rings. The summed E-state index contributed by atoms with van der Waals surface area (Å²) in [6, 6.07) is 32.8. The lowest BCUT2D eigenvalue weighted by Crippen LogP contribution is -2.63. The molecule has 11 nitrogen and oxygen atoms in total. The van der Waals surface area contributed by atoms with Crippen molar-refractivity contribution in [3.05, 3.63) is 144 Å². The Morgan fingerprint density at radius 3 is 1.43 bits per heavy atom. The van der Waals surface area contributed by atoms with Crippen LogP contribution in [0.1, 0.15) is 88.4 Å². The van der Waals surface area contributed by atoms with Crippen LogP contribution in [-0.2, 0) is 33.2 Å². The number of Topliss-reactive ketones (excluding diaryl/α,β-unsaturated/α-hetero) is 1. The first-order valence-corrected chi connectivity index (χ1v) is 18.8. The molecule has 0 aromatic heterocycles. The van der Waals surface area contributed by atoms with Crippen molar-refractivity contribution in [3.63, 3.8) is 0 Å². The smallest absolute Gasteiger partial charge is 0.338 e. The maximum atomic E-state index is 13.8. The number of rotatable bonds is 17. The van der Waals surface area contributed by atoms with Crippen LogP contribution in [-0.4, -0.2) is 73.6 Å². The summed E-state index contributed by atoms with van der Waals surface area (Å²) in [5, 5.41) is 0. The molecule has 0 bridgehead atoms. The fraction of sp³-hybridized carbons (Fsp3) is 0.356. The van der Waals surface area contributed by atoms with Gasteiger partial charge in [-0.3, -0.25) is 4.79 Å². The quantitative estimate of drug-likeness (QED) is 0.0594. The largest absolute Gasteiger partial charge is 0.459 e. The van der Waals surface area contributed by atoms with Gasteiger partial charge in [0.25, 0.3) is 0 Å². The molecule has 56 heavy (non-hydrogen) atoms. The topological polar surface area (TPSA) is 141 Å². The minimum Gasteiger partial charge on any atom is -0.459 e. The van der Waals surface area contributed by atoms with Gasteiger partial charge in [-0.05, 0) is 67.3 Å². The van der Waals surface area contributed by atoms with Crippen LogP contribution in [0.25, 0.3) is 0 Å². The fourth-order valence-electron chi connectivity index (χ4n) is 5.89. The van der Waals surface area contributed by atoms with E-state index in [4.69, 9.17) is 28.4 Å². The Morgan fingerprint density at radius 2 is 0.982 bits per heavy atom. The number of esters is 4. The van der Waals surface area contributed by atoms with Gasteiger partial charge in [0.15, 0.2) is 24.6 Å². The minimum atomic E-state index is -1.52. The number of unbranched alkanes of at least 4 members (excludes halogenated alkanes) is 1. The molecule has 0 aliphatic carbocycles. The van der Waals surface area contributed by atoms with E-state index in [1.165, 1.54) is 0 Å². The third-order valence-corrected chi connectivity index (χ3v) is 9.98. The highest BCUT2D eigenvalue weighted by Crippen LogP contribution is 2.33. The summed E-state index contributed by atoms with van der Waals surface area (Å²) in [5.74, 6) is -2.76. The first kappa shape index (κ1) is 41.5. The second-order valence-electron chi connectivity index (χ2n) is 14.3. The van der Waals surface area contributed by atoms with Gasteiger partial charge in [0.2, 0.25) is 0 Å². The molecule has 0 amide bonds. The molecule has 11 heteroatoms. The molecular weight excluding hydrogens is 716 g/mol. The molecule has 1 heterocycles. The minimum absolute atomic E-state index is 0.0593. The average Bonchev–Trinajstić information content (AvgIpc) is 3.22. The number of benzene rings is 4. The number of carbonyl (C=O) groups excluding carboxylic acids is 5. The third-order valence-electron chi connectivity index (χ3n) is 9.98. The van der Waals surface area contributed by atoms with Crippen molar-refractivity contribution in [2.75, 3.05) is 13.2 Å². The highest BCUT2D eigenvalue weighted by molar-refractivity contribution is 5.91. The van der Waals surface area contributed by atoms with Crippen molar-refractivity contribution in [2.45, 2.75) is 77.7 Å². The molecule has 0 radical (unpaired) electrons. The van der Waals surface area contributed by atoms with Gasteiger partial charge in [-0.2, -0.15) is 0 Å². The Morgan fingerprint density at radius 1 is 0.571 bits per heavy atom. The van der Waals surface area contributed by atoms with Gasteiger partial charge in [-0.15, -0.1) is 0 Å². The zero-order valence-corrected chi connectivity index (χ0v) is 32.0. The number of ketones is 1. The van der Waals surface area contributed by atoms with E-state index >= 15 is 0 Å². The molecule has 0 saturated carbocycles. The van der Waals surface area contributed by atoms with E-state index in [-0.39, 0.29) is 40.6 Å². The number of ether oxygens (including phenoxy) is 6. The summed E-state index contributed by atoms with van der Waals surface area (Å²) in [4.78, 5) is 67.2. The van der Waals surface area contributed by atoms with E-state index in [0.717, 1.165) is 0 Å². The average molecular weight is 765 g/mol. The third kappa shape index (κ3) is 11.0. The van der Waals surface area contributed by atoms with E-state index in [9.17, 15) is 24.0 Å². The van der Waals surface area contributed by atoms with Gasteiger partial charge in [0.05, 0.1) is 22.3 Å². The van der Waals surface area contributed by atoms with E-state index < -0.39 is 66.6 Å². The van der Waals surface area contributed by atoms with Crippen molar-refractivity contribution >= 4 is 29.7 Å². The monoisotopic (exact) mass is 764 g/mol. The molecule has 1 saturated heterocycles. The van der Waals surface area contributed by atoms with Crippen molar-refractivity contribution in [2.24, 2.45) is 11.3 Å². The van der Waals surface area contributed by atoms with Crippen LogP contribution in [0.5, 0.6) is 0 Å². The van der Waals surface area contributed by atoms with Crippen LogP contribution in [0.4, 0.5) is 0 Å². The number of carbonyl (C=O) groups is 5. The van der Waals surface area contributed by atoms with Gasteiger partial charge < -0.3 is 28.4 Å². The van der Waals surface area contributed by atoms with Gasteiger partial charge in [-0.25, -0.2) is 19.2 Å². The standard InChI is InChI=1S/C45H48O11/c1-30(2)45(3,4)36(46)27-17-18-28-51-44-39(56-43(50)34-25-15-8-16-26-34)38(55-42(49)33-23-13-7-14-24-33)37(54-41(48)32-21-11-6-12-22-32)35(53-44)29-52-40(47)31-19-9-5-10-20-31/h5-16,19-26,30,35,37-39,44H,17-18,27-29H2,1-4H3/t35?,37-,38-,39?,44+/m0/s1. The Labute approximate surface area is 327 Å². The highest BCUT2D eigenvalue weighted by atomic mass is 16.7. The first-order chi connectivity index (χ1) is 27.0. The predicted octanol–water partition coefficient (Wildman–Crippen LogP) is 7.68. The van der Waals surface area contributed by atoms with Crippen molar-refractivity contribution < 1.29 is 52.4 Å². The molecule has 2 unspecified atom stereocenters. The Bertz CT molecular complexity index is 1900. The maximum absolute atomic E-state index is 13.8. The lowest BCUT2D eigenvalue weighted by molar-refractivity contribution is -0.298. The van der Waals surface area contributed by atoms with Gasteiger partial charge >= 0.3 is 23.9 Å². The van der Waals surface area contributed by atoms with Crippen LogP contribution in [0.2, 0.25) is 0 Å². The molecule has 5 rings (SSSR count). The van der Waals surface area contributed by atoms with Crippen LogP contribution >= 0.6 is 0 Å². The second-order valence-corrected chi connectivity index (χ2v) is 14.3. The molecule has 1 aliphatic heterocycles. The van der Waals surface area contributed by atoms with Crippen molar-refractivity contribution in [1.82, 2.24) is 0 Å². The predicted molar refractivity (Wildman–Crippen MR) is 206 cm³/mol. The lowest BCUT2D eigenvalue weighted by Gasteiger charge is -2.44. The fourth-order valence-corrected chi connectivity index (χ4v) is 5.89. The van der Waals surface area contributed by atoms with Gasteiger partial charge in [0.1, 0.15) is 18.5 Å². The van der Waals surface area contributed by atoms with Crippen LogP contribution in [0.15, 0.2) is 121 Å². The summed E-state index contributed by atoms with van der Waals surface area (Å²) in [7, 11) is 0. The lowest BCUT2D eigenvalue weighted by atomic mass is 9.76. The van der Waals surface area contributed by atoms with Crippen molar-refractivity contribution in [1.29, 1.82) is 0 Å². The zero-order valence-electron chi connectivity index (χ0n) is 32.0. The molecule has 4 aromatic carbocycles. The molecule has 5 atom stereocenters. The van der Waals surface area contributed by atoms with Gasteiger partial charge in [-0.1, -0.05) is 100 Å². The summed E-state index contributed by atoms with van der Waals surface area (Å²) >= 11 is 0. The Balaban J connectivity index is 1.49.